The molecule has 0 aromatic heterocycles. The first kappa shape index (κ1) is 14.0. The number of rotatable bonds is 3. The standard InChI is InChI=1S/C14H10BrClFNO/c15-10-5-2-1-4-9(10)8-18-14(19)13-11(16)6-3-7-12(13)17/h1-7H,8H2,(H,18,19). The molecule has 2 aromatic carbocycles. The van der Waals surface area contributed by atoms with Gasteiger partial charge >= 0.3 is 0 Å². The molecule has 2 nitrogen and oxygen atoms in total. The van der Waals surface area contributed by atoms with Crippen molar-refractivity contribution in [2.24, 2.45) is 0 Å². The highest BCUT2D eigenvalue weighted by atomic mass is 79.9. The van der Waals surface area contributed by atoms with Crippen LogP contribution in [-0.2, 0) is 6.54 Å². The quantitative estimate of drug-likeness (QED) is 0.891. The summed E-state index contributed by atoms with van der Waals surface area (Å²) in [4.78, 5) is 11.9. The summed E-state index contributed by atoms with van der Waals surface area (Å²) in [5.41, 5.74) is 0.777. The predicted octanol–water partition coefficient (Wildman–Crippen LogP) is 4.17. The van der Waals surface area contributed by atoms with E-state index in [0.29, 0.717) is 6.54 Å². The molecule has 0 saturated carbocycles. The number of halogens is 3. The Bertz CT molecular complexity index is 598. The molecule has 0 aliphatic rings. The van der Waals surface area contributed by atoms with Crippen LogP contribution in [0.2, 0.25) is 5.02 Å². The van der Waals surface area contributed by atoms with Crippen molar-refractivity contribution < 1.29 is 9.18 Å². The second-order valence-electron chi connectivity index (χ2n) is 3.87. The van der Waals surface area contributed by atoms with Gasteiger partial charge in [-0.2, -0.15) is 0 Å². The summed E-state index contributed by atoms with van der Waals surface area (Å²) in [6.07, 6.45) is 0. The second-order valence-corrected chi connectivity index (χ2v) is 5.13. The first-order valence-corrected chi connectivity index (χ1v) is 6.72. The maximum atomic E-state index is 13.6. The lowest BCUT2D eigenvalue weighted by atomic mass is 10.2. The maximum Gasteiger partial charge on any atom is 0.256 e. The third kappa shape index (κ3) is 3.33. The summed E-state index contributed by atoms with van der Waals surface area (Å²) in [5.74, 6) is -1.16. The van der Waals surface area contributed by atoms with E-state index in [4.69, 9.17) is 11.6 Å². The molecule has 2 aromatic rings. The van der Waals surface area contributed by atoms with Crippen LogP contribution < -0.4 is 5.32 Å². The summed E-state index contributed by atoms with van der Waals surface area (Å²) in [6.45, 7) is 0.297. The lowest BCUT2D eigenvalue weighted by Crippen LogP contribution is -2.24. The molecule has 5 heteroatoms. The zero-order chi connectivity index (χ0) is 13.8. The Morgan fingerprint density at radius 1 is 1.21 bits per heavy atom. The van der Waals surface area contributed by atoms with Gasteiger partial charge in [-0.25, -0.2) is 4.39 Å². The van der Waals surface area contributed by atoms with Crippen LogP contribution in [0.1, 0.15) is 15.9 Å². The second kappa shape index (κ2) is 6.17. The van der Waals surface area contributed by atoms with E-state index in [1.165, 1.54) is 18.2 Å². The fraction of sp³-hybridized carbons (Fsp3) is 0.0714. The van der Waals surface area contributed by atoms with Gasteiger partial charge < -0.3 is 5.32 Å². The van der Waals surface area contributed by atoms with Crippen LogP contribution >= 0.6 is 27.5 Å². The molecule has 0 aliphatic heterocycles. The Morgan fingerprint density at radius 3 is 2.63 bits per heavy atom. The highest BCUT2D eigenvalue weighted by Crippen LogP contribution is 2.19. The third-order valence-electron chi connectivity index (χ3n) is 2.59. The summed E-state index contributed by atoms with van der Waals surface area (Å²) >= 11 is 9.21. The van der Waals surface area contributed by atoms with Gasteiger partial charge in [0, 0.05) is 11.0 Å². The van der Waals surface area contributed by atoms with Crippen molar-refractivity contribution in [3.05, 3.63) is 68.9 Å². The molecule has 0 heterocycles. The van der Waals surface area contributed by atoms with Crippen molar-refractivity contribution in [2.75, 3.05) is 0 Å². The molecule has 1 amide bonds. The van der Waals surface area contributed by atoms with Crippen LogP contribution in [-0.4, -0.2) is 5.91 Å². The Kier molecular flexibility index (Phi) is 4.56. The Morgan fingerprint density at radius 2 is 1.95 bits per heavy atom. The topological polar surface area (TPSA) is 29.1 Å². The Labute approximate surface area is 123 Å². The van der Waals surface area contributed by atoms with Gasteiger partial charge in [-0.05, 0) is 23.8 Å². The minimum absolute atomic E-state index is 0.102. The van der Waals surface area contributed by atoms with Crippen LogP contribution in [0, 0.1) is 5.82 Å². The van der Waals surface area contributed by atoms with Crippen LogP contribution in [0.4, 0.5) is 4.39 Å². The van der Waals surface area contributed by atoms with E-state index >= 15 is 0 Å². The number of nitrogens with one attached hydrogen (secondary N) is 1. The lowest BCUT2D eigenvalue weighted by Gasteiger charge is -2.08. The molecule has 0 radical (unpaired) electrons. The molecule has 0 spiro atoms. The molecule has 98 valence electrons. The molecule has 19 heavy (non-hydrogen) atoms. The van der Waals surface area contributed by atoms with E-state index in [1.807, 2.05) is 24.3 Å². The Balaban J connectivity index is 2.13. The zero-order valence-electron chi connectivity index (χ0n) is 9.79. The monoisotopic (exact) mass is 341 g/mol. The van der Waals surface area contributed by atoms with Gasteiger partial charge in [0.2, 0.25) is 0 Å². The van der Waals surface area contributed by atoms with E-state index in [-0.39, 0.29) is 10.6 Å². The van der Waals surface area contributed by atoms with Crippen molar-refractivity contribution in [3.8, 4) is 0 Å². The average molecular weight is 343 g/mol. The highest BCUT2D eigenvalue weighted by molar-refractivity contribution is 9.10. The van der Waals surface area contributed by atoms with E-state index in [2.05, 4.69) is 21.2 Å². The number of carbonyl (C=O) groups excluding carboxylic acids is 1. The fourth-order valence-corrected chi connectivity index (χ4v) is 2.29. The molecule has 0 unspecified atom stereocenters. The number of carbonyl (C=O) groups is 1. The SMILES string of the molecule is O=C(NCc1ccccc1Br)c1c(F)cccc1Cl. The molecule has 0 saturated heterocycles. The van der Waals surface area contributed by atoms with Gasteiger partial charge in [-0.3, -0.25) is 4.79 Å². The molecule has 0 fully saturated rings. The molecule has 0 atom stereocenters. The van der Waals surface area contributed by atoms with Gasteiger partial charge in [0.25, 0.3) is 5.91 Å². The average Bonchev–Trinajstić information content (AvgIpc) is 2.37. The summed E-state index contributed by atoms with van der Waals surface area (Å²) < 4.78 is 14.4. The van der Waals surface area contributed by atoms with Gasteiger partial charge in [0.05, 0.1) is 10.6 Å². The lowest BCUT2D eigenvalue weighted by molar-refractivity contribution is 0.0947. The molecular weight excluding hydrogens is 333 g/mol. The predicted molar refractivity (Wildman–Crippen MR) is 76.7 cm³/mol. The van der Waals surface area contributed by atoms with Crippen molar-refractivity contribution in [1.29, 1.82) is 0 Å². The first-order chi connectivity index (χ1) is 9.09. The number of hydrogen-bond donors (Lipinski definition) is 1. The summed E-state index contributed by atoms with van der Waals surface area (Å²) in [6, 6.07) is 11.6. The van der Waals surface area contributed by atoms with E-state index in [0.717, 1.165) is 10.0 Å². The summed E-state index contributed by atoms with van der Waals surface area (Å²) in [5, 5.41) is 2.75. The van der Waals surface area contributed by atoms with Crippen molar-refractivity contribution in [2.45, 2.75) is 6.54 Å². The normalized spacial score (nSPS) is 10.3. The molecule has 1 N–H and O–H groups in total. The summed E-state index contributed by atoms with van der Waals surface area (Å²) in [7, 11) is 0. The van der Waals surface area contributed by atoms with Crippen LogP contribution in [0.15, 0.2) is 46.9 Å². The van der Waals surface area contributed by atoms with Crippen LogP contribution in [0.5, 0.6) is 0 Å². The smallest absolute Gasteiger partial charge is 0.256 e. The van der Waals surface area contributed by atoms with Crippen molar-refractivity contribution in [3.63, 3.8) is 0 Å². The highest BCUT2D eigenvalue weighted by Gasteiger charge is 2.15. The van der Waals surface area contributed by atoms with E-state index in [9.17, 15) is 9.18 Å². The fourth-order valence-electron chi connectivity index (χ4n) is 1.62. The third-order valence-corrected chi connectivity index (χ3v) is 3.68. The zero-order valence-corrected chi connectivity index (χ0v) is 12.1. The van der Waals surface area contributed by atoms with Crippen LogP contribution in [0.3, 0.4) is 0 Å². The largest absolute Gasteiger partial charge is 0.348 e. The van der Waals surface area contributed by atoms with Gasteiger partial charge in [-0.15, -0.1) is 0 Å². The minimum atomic E-state index is -0.628. The number of amides is 1. The minimum Gasteiger partial charge on any atom is -0.348 e. The van der Waals surface area contributed by atoms with Crippen molar-refractivity contribution >= 4 is 33.4 Å². The van der Waals surface area contributed by atoms with Gasteiger partial charge in [0.1, 0.15) is 5.82 Å². The molecule has 0 aliphatic carbocycles. The van der Waals surface area contributed by atoms with E-state index < -0.39 is 11.7 Å². The molecular formula is C14H10BrClFNO. The Hall–Kier alpha value is -1.39. The van der Waals surface area contributed by atoms with Crippen molar-refractivity contribution in [1.82, 2.24) is 5.32 Å². The molecule has 2 rings (SSSR count). The van der Waals surface area contributed by atoms with Crippen LogP contribution in [0.25, 0.3) is 0 Å². The van der Waals surface area contributed by atoms with Gasteiger partial charge in [-0.1, -0.05) is 51.8 Å². The van der Waals surface area contributed by atoms with Gasteiger partial charge in [0.15, 0.2) is 0 Å². The number of benzene rings is 2. The molecule has 0 bridgehead atoms. The maximum absolute atomic E-state index is 13.6. The first-order valence-electron chi connectivity index (χ1n) is 5.55. The number of hydrogen-bond acceptors (Lipinski definition) is 1. The van der Waals surface area contributed by atoms with E-state index in [1.54, 1.807) is 0 Å².